The molecule has 0 aliphatic carbocycles. The van der Waals surface area contributed by atoms with Gasteiger partial charge in [-0.1, -0.05) is 13.8 Å². The molecule has 19 heavy (non-hydrogen) atoms. The molecule has 0 aliphatic heterocycles. The summed E-state index contributed by atoms with van der Waals surface area (Å²) >= 11 is 0. The van der Waals surface area contributed by atoms with Crippen molar-refractivity contribution < 1.29 is 9.00 Å². The van der Waals surface area contributed by atoms with Crippen molar-refractivity contribution in [3.05, 3.63) is 29.8 Å². The number of hydrogen-bond acceptors (Lipinski definition) is 2. The summed E-state index contributed by atoms with van der Waals surface area (Å²) < 4.78 is 11.3. The summed E-state index contributed by atoms with van der Waals surface area (Å²) in [5.74, 6) is 0.586. The van der Waals surface area contributed by atoms with E-state index in [9.17, 15) is 9.00 Å². The van der Waals surface area contributed by atoms with Crippen LogP contribution in [0.1, 0.15) is 44.0 Å². The zero-order chi connectivity index (χ0) is 14.4. The van der Waals surface area contributed by atoms with Crippen LogP contribution in [-0.2, 0) is 10.8 Å². The Morgan fingerprint density at radius 2 is 1.74 bits per heavy atom. The lowest BCUT2D eigenvalue weighted by Gasteiger charge is -2.15. The maximum Gasteiger partial charge on any atom is 0.251 e. The molecular weight excluding hydrogens is 258 g/mol. The summed E-state index contributed by atoms with van der Waals surface area (Å²) in [6.07, 6.45) is 3.72. The molecule has 0 heterocycles. The van der Waals surface area contributed by atoms with Crippen LogP contribution >= 0.6 is 0 Å². The van der Waals surface area contributed by atoms with E-state index < -0.39 is 10.8 Å². The van der Waals surface area contributed by atoms with Gasteiger partial charge in [-0.2, -0.15) is 0 Å². The van der Waals surface area contributed by atoms with Crippen molar-refractivity contribution in [3.8, 4) is 0 Å². The van der Waals surface area contributed by atoms with Crippen LogP contribution in [0, 0.1) is 5.92 Å². The van der Waals surface area contributed by atoms with E-state index in [4.69, 9.17) is 0 Å². The molecule has 3 nitrogen and oxygen atoms in total. The van der Waals surface area contributed by atoms with Gasteiger partial charge in [0, 0.05) is 33.6 Å². The molecule has 0 aliphatic rings. The fourth-order valence-electron chi connectivity index (χ4n) is 1.76. The molecule has 0 saturated carbocycles. The molecule has 0 fully saturated rings. The Morgan fingerprint density at radius 3 is 2.21 bits per heavy atom. The minimum atomic E-state index is -1.00. The van der Waals surface area contributed by atoms with E-state index in [0.717, 1.165) is 17.7 Å². The molecule has 1 aromatic carbocycles. The van der Waals surface area contributed by atoms with Crippen LogP contribution in [0.3, 0.4) is 0 Å². The van der Waals surface area contributed by atoms with E-state index in [0.29, 0.717) is 11.5 Å². The van der Waals surface area contributed by atoms with E-state index >= 15 is 0 Å². The second-order valence-corrected chi connectivity index (χ2v) is 6.70. The molecule has 1 N–H and O–H groups in total. The van der Waals surface area contributed by atoms with Gasteiger partial charge in [0.1, 0.15) is 0 Å². The maximum absolute atomic E-state index is 12.0. The molecule has 1 rings (SSSR count). The highest BCUT2D eigenvalue weighted by Gasteiger charge is 2.10. The predicted octanol–water partition coefficient (Wildman–Crippen LogP) is 2.98. The van der Waals surface area contributed by atoms with E-state index in [-0.39, 0.29) is 11.9 Å². The number of nitrogens with one attached hydrogen (secondary N) is 1. The lowest BCUT2D eigenvalue weighted by Crippen LogP contribution is -2.32. The minimum Gasteiger partial charge on any atom is -0.350 e. The number of carbonyl (C=O) groups excluding carboxylic acids is 1. The molecule has 2 atom stereocenters. The quantitative estimate of drug-likeness (QED) is 0.871. The van der Waals surface area contributed by atoms with Gasteiger partial charge in [0.05, 0.1) is 0 Å². The number of rotatable bonds is 6. The van der Waals surface area contributed by atoms with Crippen molar-refractivity contribution in [2.75, 3.05) is 6.26 Å². The third-order valence-corrected chi connectivity index (χ3v) is 3.94. The van der Waals surface area contributed by atoms with E-state index in [1.54, 1.807) is 30.5 Å². The summed E-state index contributed by atoms with van der Waals surface area (Å²) in [6, 6.07) is 7.10. The molecule has 1 amide bonds. The number of amides is 1. The lowest BCUT2D eigenvalue weighted by molar-refractivity contribution is 0.0937. The fraction of sp³-hybridized carbons (Fsp3) is 0.533. The van der Waals surface area contributed by atoms with Crippen molar-refractivity contribution in [1.29, 1.82) is 0 Å². The summed E-state index contributed by atoms with van der Waals surface area (Å²) in [7, 11) is -1.00. The van der Waals surface area contributed by atoms with E-state index in [2.05, 4.69) is 19.2 Å². The van der Waals surface area contributed by atoms with Gasteiger partial charge in [-0.3, -0.25) is 9.00 Å². The molecule has 0 radical (unpaired) electrons. The number of carbonyl (C=O) groups is 1. The van der Waals surface area contributed by atoms with Crippen LogP contribution in [0.5, 0.6) is 0 Å². The molecule has 4 heteroatoms. The zero-order valence-corrected chi connectivity index (χ0v) is 12.9. The molecule has 106 valence electrons. The highest BCUT2D eigenvalue weighted by molar-refractivity contribution is 7.84. The summed E-state index contributed by atoms with van der Waals surface area (Å²) in [5, 5.41) is 2.99. The summed E-state index contributed by atoms with van der Waals surface area (Å²) in [5.41, 5.74) is 0.616. The minimum absolute atomic E-state index is 0.0651. The molecule has 0 aromatic heterocycles. The van der Waals surface area contributed by atoms with Gasteiger partial charge >= 0.3 is 0 Å². The Kier molecular flexibility index (Phi) is 6.22. The predicted molar refractivity (Wildman–Crippen MR) is 79.8 cm³/mol. The molecule has 2 unspecified atom stereocenters. The summed E-state index contributed by atoms with van der Waals surface area (Å²) in [4.78, 5) is 12.7. The second-order valence-electron chi connectivity index (χ2n) is 5.32. The Hall–Kier alpha value is -1.16. The monoisotopic (exact) mass is 281 g/mol. The van der Waals surface area contributed by atoms with Gasteiger partial charge in [0.25, 0.3) is 5.91 Å². The van der Waals surface area contributed by atoms with Crippen molar-refractivity contribution in [3.63, 3.8) is 0 Å². The molecule has 0 saturated heterocycles. The molecular formula is C15H23NO2S. The van der Waals surface area contributed by atoms with Crippen molar-refractivity contribution in [2.24, 2.45) is 5.92 Å². The van der Waals surface area contributed by atoms with Gasteiger partial charge in [-0.25, -0.2) is 0 Å². The smallest absolute Gasteiger partial charge is 0.251 e. The molecule has 0 spiro atoms. The van der Waals surface area contributed by atoms with E-state index in [1.807, 2.05) is 6.92 Å². The zero-order valence-electron chi connectivity index (χ0n) is 12.1. The normalized spacial score (nSPS) is 14.2. The van der Waals surface area contributed by atoms with E-state index in [1.165, 1.54) is 0 Å². The highest BCUT2D eigenvalue weighted by Crippen LogP contribution is 2.10. The maximum atomic E-state index is 12.0. The largest absolute Gasteiger partial charge is 0.350 e. The Labute approximate surface area is 118 Å². The average molecular weight is 281 g/mol. The second kappa shape index (κ2) is 7.43. The SMILES string of the molecule is CC(C)CCC(C)NC(=O)c1ccc(S(C)=O)cc1. The van der Waals surface area contributed by atoms with Crippen LogP contribution in [0.25, 0.3) is 0 Å². The Morgan fingerprint density at radius 1 is 1.16 bits per heavy atom. The first-order valence-electron chi connectivity index (χ1n) is 6.64. The molecule has 1 aromatic rings. The van der Waals surface area contributed by atoms with Crippen molar-refractivity contribution in [2.45, 2.75) is 44.6 Å². The third-order valence-electron chi connectivity index (χ3n) is 3.00. The van der Waals surface area contributed by atoms with Crippen molar-refractivity contribution in [1.82, 2.24) is 5.32 Å². The van der Waals surface area contributed by atoms with Crippen molar-refractivity contribution >= 4 is 16.7 Å². The summed E-state index contributed by atoms with van der Waals surface area (Å²) in [6.45, 7) is 6.38. The van der Waals surface area contributed by atoms with Gasteiger partial charge < -0.3 is 5.32 Å². The van der Waals surface area contributed by atoms with Gasteiger partial charge in [-0.05, 0) is 49.9 Å². The molecule has 0 bridgehead atoms. The first kappa shape index (κ1) is 15.9. The van der Waals surface area contributed by atoms with Gasteiger partial charge in [0.15, 0.2) is 0 Å². The third kappa shape index (κ3) is 5.55. The van der Waals surface area contributed by atoms with Crippen LogP contribution < -0.4 is 5.32 Å². The van der Waals surface area contributed by atoms with Crippen LogP contribution in [-0.4, -0.2) is 22.4 Å². The topological polar surface area (TPSA) is 46.2 Å². The first-order valence-corrected chi connectivity index (χ1v) is 8.20. The average Bonchev–Trinajstić information content (AvgIpc) is 2.36. The number of hydrogen-bond donors (Lipinski definition) is 1. The lowest BCUT2D eigenvalue weighted by atomic mass is 10.0. The Bertz CT molecular complexity index is 440. The standard InChI is InChI=1S/C15H23NO2S/c1-11(2)5-6-12(3)16-15(17)13-7-9-14(10-8-13)19(4)18/h7-12H,5-6H2,1-4H3,(H,16,17). The first-order chi connectivity index (χ1) is 8.90. The highest BCUT2D eigenvalue weighted by atomic mass is 32.2. The number of benzene rings is 1. The fourth-order valence-corrected chi connectivity index (χ4v) is 2.28. The van der Waals surface area contributed by atoms with Crippen LogP contribution in [0.4, 0.5) is 0 Å². The van der Waals surface area contributed by atoms with Gasteiger partial charge in [-0.15, -0.1) is 0 Å². The Balaban J connectivity index is 2.55. The van der Waals surface area contributed by atoms with Crippen LogP contribution in [0.15, 0.2) is 29.2 Å². The van der Waals surface area contributed by atoms with Crippen LogP contribution in [0.2, 0.25) is 0 Å². The van der Waals surface area contributed by atoms with Gasteiger partial charge in [0.2, 0.25) is 0 Å².